The van der Waals surface area contributed by atoms with Gasteiger partial charge in [0, 0.05) is 32.3 Å². The van der Waals surface area contributed by atoms with Gasteiger partial charge in [-0.25, -0.2) is 0 Å². The van der Waals surface area contributed by atoms with Gasteiger partial charge < -0.3 is 14.9 Å². The maximum absolute atomic E-state index is 12.0. The number of benzene rings is 1. The zero-order chi connectivity index (χ0) is 13.5. The van der Waals surface area contributed by atoms with Crippen molar-refractivity contribution in [2.24, 2.45) is 0 Å². The lowest BCUT2D eigenvalue weighted by molar-refractivity contribution is 0.0786. The summed E-state index contributed by atoms with van der Waals surface area (Å²) in [6.07, 6.45) is 0.612. The van der Waals surface area contributed by atoms with E-state index in [0.717, 1.165) is 6.54 Å². The summed E-state index contributed by atoms with van der Waals surface area (Å²) in [6.45, 7) is 1.56. The van der Waals surface area contributed by atoms with Crippen LogP contribution in [0.25, 0.3) is 0 Å². The fraction of sp³-hybridized carbons (Fsp3) is 0.500. The Morgan fingerprint density at radius 1 is 1.17 bits per heavy atom. The molecule has 1 amide bonds. The highest BCUT2D eigenvalue weighted by molar-refractivity contribution is 5.94. The van der Waals surface area contributed by atoms with Gasteiger partial charge in [0.05, 0.1) is 0 Å². The standard InChI is InChI=1S/C14H22N2O2/c1-15(2)11-12-5-7-13(8-6-12)14(18)16(3)9-4-10-17/h5-8,17H,4,9-11H2,1-3H3. The molecule has 0 saturated heterocycles. The zero-order valence-electron chi connectivity index (χ0n) is 11.4. The topological polar surface area (TPSA) is 43.8 Å². The highest BCUT2D eigenvalue weighted by Crippen LogP contribution is 2.08. The van der Waals surface area contributed by atoms with E-state index in [4.69, 9.17) is 5.11 Å². The molecule has 0 bridgehead atoms. The highest BCUT2D eigenvalue weighted by Gasteiger charge is 2.10. The van der Waals surface area contributed by atoms with E-state index < -0.39 is 0 Å². The van der Waals surface area contributed by atoms with E-state index in [1.165, 1.54) is 5.56 Å². The monoisotopic (exact) mass is 250 g/mol. The first kappa shape index (κ1) is 14.7. The highest BCUT2D eigenvalue weighted by atomic mass is 16.3. The summed E-state index contributed by atoms with van der Waals surface area (Å²) in [5.41, 5.74) is 1.88. The lowest BCUT2D eigenvalue weighted by atomic mass is 10.1. The molecule has 1 N–H and O–H groups in total. The minimum absolute atomic E-state index is 0.000136. The largest absolute Gasteiger partial charge is 0.396 e. The predicted molar refractivity (Wildman–Crippen MR) is 72.5 cm³/mol. The maximum atomic E-state index is 12.0. The molecule has 4 heteroatoms. The van der Waals surface area contributed by atoms with Crippen LogP contribution >= 0.6 is 0 Å². The van der Waals surface area contributed by atoms with E-state index in [0.29, 0.717) is 18.5 Å². The SMILES string of the molecule is CN(C)Cc1ccc(C(=O)N(C)CCCO)cc1. The van der Waals surface area contributed by atoms with E-state index in [2.05, 4.69) is 4.90 Å². The number of nitrogens with zero attached hydrogens (tertiary/aromatic N) is 2. The first-order valence-electron chi connectivity index (χ1n) is 6.14. The average molecular weight is 250 g/mol. The molecule has 0 unspecified atom stereocenters. The lowest BCUT2D eigenvalue weighted by Gasteiger charge is -2.17. The van der Waals surface area contributed by atoms with Crippen LogP contribution in [0, 0.1) is 0 Å². The normalized spacial score (nSPS) is 10.7. The Bertz CT molecular complexity index is 374. The van der Waals surface area contributed by atoms with Crippen LogP contribution in [0.4, 0.5) is 0 Å². The summed E-state index contributed by atoms with van der Waals surface area (Å²) in [5, 5.41) is 8.75. The predicted octanol–water partition coefficient (Wildman–Crippen LogP) is 1.20. The molecule has 0 atom stereocenters. The molecular formula is C14H22N2O2. The van der Waals surface area contributed by atoms with E-state index >= 15 is 0 Å². The van der Waals surface area contributed by atoms with Crippen LogP contribution in [-0.2, 0) is 6.54 Å². The number of aliphatic hydroxyl groups excluding tert-OH is 1. The van der Waals surface area contributed by atoms with E-state index in [1.807, 2.05) is 38.4 Å². The Hall–Kier alpha value is -1.39. The van der Waals surface area contributed by atoms with Gasteiger partial charge in [0.1, 0.15) is 0 Å². The maximum Gasteiger partial charge on any atom is 0.253 e. The van der Waals surface area contributed by atoms with Crippen LogP contribution in [0.2, 0.25) is 0 Å². The van der Waals surface area contributed by atoms with E-state index in [1.54, 1.807) is 11.9 Å². The molecule has 1 rings (SSSR count). The number of carbonyl (C=O) groups excluding carboxylic acids is 1. The number of hydrogen-bond acceptors (Lipinski definition) is 3. The molecular weight excluding hydrogens is 228 g/mol. The molecule has 0 saturated carbocycles. The molecule has 0 aliphatic heterocycles. The average Bonchev–Trinajstić information content (AvgIpc) is 2.35. The third-order valence-electron chi connectivity index (χ3n) is 2.70. The van der Waals surface area contributed by atoms with Gasteiger partial charge in [-0.1, -0.05) is 12.1 Å². The Kier molecular flexibility index (Phi) is 5.82. The van der Waals surface area contributed by atoms with Crippen LogP contribution in [-0.4, -0.2) is 55.1 Å². The van der Waals surface area contributed by atoms with Crippen LogP contribution < -0.4 is 0 Å². The van der Waals surface area contributed by atoms with Gasteiger partial charge in [-0.15, -0.1) is 0 Å². The van der Waals surface area contributed by atoms with Crippen LogP contribution in [0.15, 0.2) is 24.3 Å². The van der Waals surface area contributed by atoms with Crippen molar-refractivity contribution in [3.05, 3.63) is 35.4 Å². The van der Waals surface area contributed by atoms with Gasteiger partial charge in [0.15, 0.2) is 0 Å². The second kappa shape index (κ2) is 7.13. The quantitative estimate of drug-likeness (QED) is 0.825. The first-order valence-corrected chi connectivity index (χ1v) is 6.14. The second-order valence-electron chi connectivity index (χ2n) is 4.74. The summed E-state index contributed by atoms with van der Waals surface area (Å²) < 4.78 is 0. The van der Waals surface area contributed by atoms with Gasteiger partial charge in [-0.05, 0) is 38.2 Å². The molecule has 4 nitrogen and oxygen atoms in total. The van der Waals surface area contributed by atoms with Crippen molar-refractivity contribution in [3.63, 3.8) is 0 Å². The minimum Gasteiger partial charge on any atom is -0.396 e. The van der Waals surface area contributed by atoms with Gasteiger partial charge in [0.25, 0.3) is 5.91 Å². The van der Waals surface area contributed by atoms with Crippen molar-refractivity contribution in [2.45, 2.75) is 13.0 Å². The third-order valence-corrected chi connectivity index (χ3v) is 2.70. The first-order chi connectivity index (χ1) is 8.54. The van der Waals surface area contributed by atoms with Crippen LogP contribution in [0.3, 0.4) is 0 Å². The molecule has 1 aromatic carbocycles. The molecule has 0 aliphatic carbocycles. The van der Waals surface area contributed by atoms with Gasteiger partial charge >= 0.3 is 0 Å². The van der Waals surface area contributed by atoms with Crippen molar-refractivity contribution in [3.8, 4) is 0 Å². The summed E-state index contributed by atoms with van der Waals surface area (Å²) in [7, 11) is 5.79. The molecule has 0 radical (unpaired) electrons. The van der Waals surface area contributed by atoms with Crippen molar-refractivity contribution < 1.29 is 9.90 Å². The number of carbonyl (C=O) groups is 1. The molecule has 0 aromatic heterocycles. The van der Waals surface area contributed by atoms with Crippen molar-refractivity contribution in [1.82, 2.24) is 9.80 Å². The smallest absolute Gasteiger partial charge is 0.253 e. The fourth-order valence-corrected chi connectivity index (χ4v) is 1.75. The molecule has 0 aliphatic rings. The minimum atomic E-state index is -0.000136. The van der Waals surface area contributed by atoms with Crippen LogP contribution in [0.1, 0.15) is 22.3 Å². The molecule has 0 fully saturated rings. The number of rotatable bonds is 6. The number of aliphatic hydroxyl groups is 1. The van der Waals surface area contributed by atoms with Crippen molar-refractivity contribution >= 4 is 5.91 Å². The van der Waals surface area contributed by atoms with Crippen molar-refractivity contribution in [1.29, 1.82) is 0 Å². The summed E-state index contributed by atoms with van der Waals surface area (Å²) in [5.74, 6) is -0.000136. The molecule has 0 heterocycles. The summed E-state index contributed by atoms with van der Waals surface area (Å²) in [4.78, 5) is 15.7. The molecule has 18 heavy (non-hydrogen) atoms. The second-order valence-corrected chi connectivity index (χ2v) is 4.74. The Morgan fingerprint density at radius 2 is 1.78 bits per heavy atom. The Labute approximate surface area is 109 Å². The van der Waals surface area contributed by atoms with Gasteiger partial charge in [-0.3, -0.25) is 4.79 Å². The van der Waals surface area contributed by atoms with Gasteiger partial charge in [0.2, 0.25) is 0 Å². The van der Waals surface area contributed by atoms with Gasteiger partial charge in [-0.2, -0.15) is 0 Å². The zero-order valence-corrected chi connectivity index (χ0v) is 11.4. The van der Waals surface area contributed by atoms with E-state index in [9.17, 15) is 4.79 Å². The number of amides is 1. The van der Waals surface area contributed by atoms with E-state index in [-0.39, 0.29) is 12.5 Å². The Morgan fingerprint density at radius 3 is 2.28 bits per heavy atom. The third kappa shape index (κ3) is 4.47. The summed E-state index contributed by atoms with van der Waals surface area (Å²) >= 11 is 0. The number of hydrogen-bond donors (Lipinski definition) is 1. The Balaban J connectivity index is 2.63. The van der Waals surface area contributed by atoms with Crippen LogP contribution in [0.5, 0.6) is 0 Å². The fourth-order valence-electron chi connectivity index (χ4n) is 1.75. The summed E-state index contributed by atoms with van der Waals surface area (Å²) in [6, 6.07) is 7.67. The van der Waals surface area contributed by atoms with Crippen molar-refractivity contribution in [2.75, 3.05) is 34.3 Å². The molecule has 100 valence electrons. The molecule has 1 aromatic rings. The lowest BCUT2D eigenvalue weighted by Crippen LogP contribution is -2.28. The molecule has 0 spiro atoms.